The number of anilines is 1. The van der Waals surface area contributed by atoms with Crippen molar-refractivity contribution in [2.45, 2.75) is 20.3 Å². The van der Waals surface area contributed by atoms with Crippen molar-refractivity contribution < 1.29 is 4.79 Å². The molecule has 0 atom stereocenters. The zero-order valence-corrected chi connectivity index (χ0v) is 10.7. The lowest BCUT2D eigenvalue weighted by Gasteiger charge is -2.04. The normalized spacial score (nSPS) is 10.2. The number of amides is 1. The summed E-state index contributed by atoms with van der Waals surface area (Å²) in [5, 5.41) is 2.84. The third kappa shape index (κ3) is 2.71. The number of hydrogen-bond acceptors (Lipinski definition) is 3. The van der Waals surface area contributed by atoms with Crippen molar-refractivity contribution in [3.63, 3.8) is 0 Å². The van der Waals surface area contributed by atoms with Crippen molar-refractivity contribution in [3.8, 4) is 0 Å². The van der Waals surface area contributed by atoms with Gasteiger partial charge in [-0.25, -0.2) is 4.98 Å². The van der Waals surface area contributed by atoms with Gasteiger partial charge in [0.15, 0.2) is 0 Å². The number of thiazole rings is 1. The molecule has 0 radical (unpaired) electrons. The first-order valence-corrected chi connectivity index (χ1v) is 6.39. The Morgan fingerprint density at radius 3 is 2.59 bits per heavy atom. The van der Waals surface area contributed by atoms with E-state index < -0.39 is 0 Å². The average molecular weight is 246 g/mol. The lowest BCUT2D eigenvalue weighted by atomic mass is 10.1. The van der Waals surface area contributed by atoms with Crippen LogP contribution in [0.3, 0.4) is 0 Å². The van der Waals surface area contributed by atoms with Gasteiger partial charge in [-0.05, 0) is 31.0 Å². The molecule has 0 unspecified atom stereocenters. The molecule has 0 aliphatic rings. The molecular weight excluding hydrogens is 232 g/mol. The summed E-state index contributed by atoms with van der Waals surface area (Å²) >= 11 is 1.48. The zero-order chi connectivity index (χ0) is 12.3. The SMILES string of the molecule is CCc1ccc(NC(=O)c2ncsc2C)cc1. The molecule has 2 aromatic rings. The van der Waals surface area contributed by atoms with Crippen LogP contribution in [-0.4, -0.2) is 10.9 Å². The van der Waals surface area contributed by atoms with Crippen LogP contribution >= 0.6 is 11.3 Å². The fourth-order valence-corrected chi connectivity index (χ4v) is 2.11. The minimum Gasteiger partial charge on any atom is -0.321 e. The van der Waals surface area contributed by atoms with Crippen molar-refractivity contribution in [2.24, 2.45) is 0 Å². The first kappa shape index (κ1) is 11.8. The molecule has 88 valence electrons. The van der Waals surface area contributed by atoms with Gasteiger partial charge < -0.3 is 5.32 Å². The quantitative estimate of drug-likeness (QED) is 0.903. The highest BCUT2D eigenvalue weighted by Gasteiger charge is 2.11. The van der Waals surface area contributed by atoms with Crippen molar-refractivity contribution in [1.29, 1.82) is 0 Å². The van der Waals surface area contributed by atoms with Crippen LogP contribution in [0.5, 0.6) is 0 Å². The second kappa shape index (κ2) is 5.10. The minimum atomic E-state index is -0.145. The number of nitrogens with zero attached hydrogens (tertiary/aromatic N) is 1. The first-order chi connectivity index (χ1) is 8.20. The second-order valence-electron chi connectivity index (χ2n) is 3.76. The minimum absolute atomic E-state index is 0.145. The molecule has 1 aromatic carbocycles. The van der Waals surface area contributed by atoms with E-state index in [4.69, 9.17) is 0 Å². The summed E-state index contributed by atoms with van der Waals surface area (Å²) in [5.74, 6) is -0.145. The average Bonchev–Trinajstić information content (AvgIpc) is 2.76. The topological polar surface area (TPSA) is 42.0 Å². The second-order valence-corrected chi connectivity index (χ2v) is 4.82. The molecule has 0 saturated carbocycles. The summed E-state index contributed by atoms with van der Waals surface area (Å²) in [6, 6.07) is 7.86. The Hall–Kier alpha value is -1.68. The number of aromatic nitrogens is 1. The molecule has 4 heteroatoms. The zero-order valence-electron chi connectivity index (χ0n) is 9.86. The molecule has 1 N–H and O–H groups in total. The Kier molecular flexibility index (Phi) is 3.54. The number of benzene rings is 1. The maximum atomic E-state index is 11.9. The molecule has 1 heterocycles. The van der Waals surface area contributed by atoms with Gasteiger partial charge >= 0.3 is 0 Å². The predicted octanol–water partition coefficient (Wildman–Crippen LogP) is 3.27. The molecule has 2 rings (SSSR count). The summed E-state index contributed by atoms with van der Waals surface area (Å²) in [4.78, 5) is 16.9. The lowest BCUT2D eigenvalue weighted by molar-refractivity contribution is 0.102. The number of rotatable bonds is 3. The van der Waals surface area contributed by atoms with E-state index in [1.54, 1.807) is 5.51 Å². The third-order valence-electron chi connectivity index (χ3n) is 2.58. The largest absolute Gasteiger partial charge is 0.321 e. The summed E-state index contributed by atoms with van der Waals surface area (Å²) in [6.45, 7) is 4.00. The molecular formula is C13H14N2OS. The smallest absolute Gasteiger partial charge is 0.275 e. The van der Waals surface area contributed by atoms with Crippen molar-refractivity contribution in [2.75, 3.05) is 5.32 Å². The van der Waals surface area contributed by atoms with Gasteiger partial charge in [-0.3, -0.25) is 4.79 Å². The van der Waals surface area contributed by atoms with Gasteiger partial charge in [-0.2, -0.15) is 0 Å². The fourth-order valence-electron chi connectivity index (χ4n) is 1.54. The number of nitrogens with one attached hydrogen (secondary N) is 1. The van der Waals surface area contributed by atoms with Crippen LogP contribution in [0.2, 0.25) is 0 Å². The molecule has 0 aliphatic carbocycles. The van der Waals surface area contributed by atoms with Gasteiger partial charge in [-0.15, -0.1) is 11.3 Å². The molecule has 17 heavy (non-hydrogen) atoms. The van der Waals surface area contributed by atoms with E-state index in [2.05, 4.69) is 17.2 Å². The number of aryl methyl sites for hydroxylation is 2. The Bertz CT molecular complexity index is 516. The highest BCUT2D eigenvalue weighted by molar-refractivity contribution is 7.09. The Balaban J connectivity index is 2.10. The van der Waals surface area contributed by atoms with Crippen LogP contribution in [0, 0.1) is 6.92 Å². The maximum absolute atomic E-state index is 11.9. The van der Waals surface area contributed by atoms with Crippen LogP contribution in [-0.2, 0) is 6.42 Å². The van der Waals surface area contributed by atoms with Gasteiger partial charge in [0.2, 0.25) is 0 Å². The van der Waals surface area contributed by atoms with Gasteiger partial charge in [0.1, 0.15) is 5.69 Å². The van der Waals surface area contributed by atoms with Gasteiger partial charge in [0.25, 0.3) is 5.91 Å². The summed E-state index contributed by atoms with van der Waals surface area (Å²) in [6.07, 6.45) is 0.999. The molecule has 0 fully saturated rings. The van der Waals surface area contributed by atoms with E-state index in [1.165, 1.54) is 16.9 Å². The Labute approximate surface area is 105 Å². The Morgan fingerprint density at radius 1 is 1.35 bits per heavy atom. The summed E-state index contributed by atoms with van der Waals surface area (Å²) in [7, 11) is 0. The molecule has 0 saturated heterocycles. The summed E-state index contributed by atoms with van der Waals surface area (Å²) < 4.78 is 0. The predicted molar refractivity (Wildman–Crippen MR) is 70.6 cm³/mol. The monoisotopic (exact) mass is 246 g/mol. The van der Waals surface area contributed by atoms with Crippen LogP contribution < -0.4 is 5.32 Å². The van der Waals surface area contributed by atoms with Gasteiger partial charge in [-0.1, -0.05) is 19.1 Å². The van der Waals surface area contributed by atoms with E-state index in [-0.39, 0.29) is 5.91 Å². The van der Waals surface area contributed by atoms with Crippen LogP contribution in [0.4, 0.5) is 5.69 Å². The Morgan fingerprint density at radius 2 is 2.06 bits per heavy atom. The molecule has 3 nitrogen and oxygen atoms in total. The van der Waals surface area contributed by atoms with E-state index in [1.807, 2.05) is 31.2 Å². The van der Waals surface area contributed by atoms with Gasteiger partial charge in [0, 0.05) is 10.6 Å². The van der Waals surface area contributed by atoms with E-state index in [0.717, 1.165) is 17.0 Å². The molecule has 1 amide bonds. The maximum Gasteiger partial charge on any atom is 0.275 e. The van der Waals surface area contributed by atoms with Crippen LogP contribution in [0.1, 0.15) is 27.9 Å². The number of carbonyl (C=O) groups excluding carboxylic acids is 1. The van der Waals surface area contributed by atoms with Gasteiger partial charge in [0.05, 0.1) is 5.51 Å². The fraction of sp³-hybridized carbons (Fsp3) is 0.231. The molecule has 0 aliphatic heterocycles. The molecule has 1 aromatic heterocycles. The van der Waals surface area contributed by atoms with E-state index in [9.17, 15) is 4.79 Å². The van der Waals surface area contributed by atoms with Crippen molar-refractivity contribution >= 4 is 22.9 Å². The van der Waals surface area contributed by atoms with E-state index in [0.29, 0.717) is 5.69 Å². The standard InChI is InChI=1S/C13H14N2OS/c1-3-10-4-6-11(7-5-10)15-13(16)12-9(2)17-8-14-12/h4-8H,3H2,1-2H3,(H,15,16). The number of hydrogen-bond donors (Lipinski definition) is 1. The molecule has 0 bridgehead atoms. The summed E-state index contributed by atoms with van der Waals surface area (Å²) in [5.41, 5.74) is 4.26. The molecule has 0 spiro atoms. The van der Waals surface area contributed by atoms with E-state index >= 15 is 0 Å². The lowest BCUT2D eigenvalue weighted by Crippen LogP contribution is -2.13. The first-order valence-electron chi connectivity index (χ1n) is 5.51. The number of carbonyl (C=O) groups is 1. The third-order valence-corrected chi connectivity index (χ3v) is 3.34. The van der Waals surface area contributed by atoms with Crippen molar-refractivity contribution in [1.82, 2.24) is 4.98 Å². The highest BCUT2D eigenvalue weighted by atomic mass is 32.1. The van der Waals surface area contributed by atoms with Crippen LogP contribution in [0.25, 0.3) is 0 Å². The van der Waals surface area contributed by atoms with Crippen molar-refractivity contribution in [3.05, 3.63) is 45.9 Å². The van der Waals surface area contributed by atoms with Crippen LogP contribution in [0.15, 0.2) is 29.8 Å². The highest BCUT2D eigenvalue weighted by Crippen LogP contribution is 2.15.